The maximum Gasteiger partial charge on any atom is 0.389 e. The fraction of sp³-hybridized carbons (Fsp3) is 1.00. The van der Waals surface area contributed by atoms with Crippen molar-refractivity contribution in [1.82, 2.24) is 0 Å². The largest absolute Gasteiger partial charge is 0.423 e. The van der Waals surface area contributed by atoms with Crippen LogP contribution in [0.1, 0.15) is 33.1 Å². The molecule has 0 saturated heterocycles. The molecule has 0 aliphatic carbocycles. The van der Waals surface area contributed by atoms with E-state index in [1.54, 1.807) is 0 Å². The van der Waals surface area contributed by atoms with Gasteiger partial charge in [0, 0.05) is 12.0 Å². The average molecular weight is 200 g/mol. The first-order valence-corrected chi connectivity index (χ1v) is 4.70. The molecule has 0 saturated carbocycles. The van der Waals surface area contributed by atoms with Gasteiger partial charge in [-0.25, -0.2) is 0 Å². The molecule has 0 N–H and O–H groups in total. The quantitative estimate of drug-likeness (QED) is 0.629. The monoisotopic (exact) mass is 200 g/mol. The Morgan fingerprint density at radius 2 is 1.67 bits per heavy atom. The third-order valence-electron chi connectivity index (χ3n) is 1.79. The van der Waals surface area contributed by atoms with E-state index in [1.165, 1.54) is 0 Å². The lowest BCUT2D eigenvalue weighted by molar-refractivity contribution is -0.137. The Morgan fingerprint density at radius 1 is 1.17 bits per heavy atom. The van der Waals surface area contributed by atoms with E-state index < -0.39 is 12.6 Å². The average Bonchev–Trinajstić information content (AvgIpc) is 1.84. The maximum absolute atomic E-state index is 11.7. The van der Waals surface area contributed by atoms with E-state index >= 15 is 0 Å². The zero-order chi connectivity index (χ0) is 9.83. The van der Waals surface area contributed by atoms with Gasteiger partial charge < -0.3 is 4.43 Å². The molecule has 0 aromatic heterocycles. The van der Waals surface area contributed by atoms with E-state index in [-0.39, 0.29) is 12.0 Å². The van der Waals surface area contributed by atoms with Crippen LogP contribution in [0.3, 0.4) is 0 Å². The van der Waals surface area contributed by atoms with Crippen LogP contribution in [0.25, 0.3) is 0 Å². The number of alkyl halides is 3. The predicted octanol–water partition coefficient (Wildman–Crippen LogP) is 1.79. The molecular formula is C7H15F3OSi. The van der Waals surface area contributed by atoms with Gasteiger partial charge in [0.2, 0.25) is 0 Å². The first-order valence-electron chi connectivity index (χ1n) is 3.89. The van der Waals surface area contributed by atoms with Crippen molar-refractivity contribution in [2.45, 2.75) is 44.9 Å². The Bertz CT molecular complexity index is 133. The van der Waals surface area contributed by atoms with Gasteiger partial charge in [0.1, 0.15) is 10.5 Å². The summed E-state index contributed by atoms with van der Waals surface area (Å²) in [5, 5.41) is 0. The molecule has 0 atom stereocenters. The minimum Gasteiger partial charge on any atom is -0.423 e. The number of hydrogen-bond acceptors (Lipinski definition) is 1. The van der Waals surface area contributed by atoms with E-state index in [4.69, 9.17) is 4.43 Å². The van der Waals surface area contributed by atoms with Crippen LogP contribution in [-0.2, 0) is 4.43 Å². The molecule has 0 spiro atoms. The van der Waals surface area contributed by atoms with E-state index in [2.05, 4.69) is 0 Å². The smallest absolute Gasteiger partial charge is 0.389 e. The fourth-order valence-corrected chi connectivity index (χ4v) is 1.02. The Kier molecular flexibility index (Phi) is 4.26. The van der Waals surface area contributed by atoms with Gasteiger partial charge in [-0.05, 0) is 26.7 Å². The lowest BCUT2D eigenvalue weighted by Gasteiger charge is -2.23. The van der Waals surface area contributed by atoms with Gasteiger partial charge >= 0.3 is 6.18 Å². The molecule has 0 heterocycles. The molecule has 74 valence electrons. The molecule has 0 bridgehead atoms. The highest BCUT2D eigenvalue weighted by atomic mass is 28.2. The van der Waals surface area contributed by atoms with Crippen LogP contribution in [0, 0.1) is 0 Å². The molecule has 12 heavy (non-hydrogen) atoms. The molecule has 0 unspecified atom stereocenters. The molecule has 0 aliphatic rings. The highest BCUT2D eigenvalue weighted by molar-refractivity contribution is 5.98. The van der Waals surface area contributed by atoms with Gasteiger partial charge in [0.05, 0.1) is 0 Å². The zero-order valence-corrected chi connectivity index (χ0v) is 9.66. The first-order chi connectivity index (χ1) is 5.27. The van der Waals surface area contributed by atoms with Crippen molar-refractivity contribution >= 4 is 10.5 Å². The van der Waals surface area contributed by atoms with Crippen LogP contribution in [0.2, 0.25) is 0 Å². The Balaban J connectivity index is 3.57. The topological polar surface area (TPSA) is 9.23 Å². The highest BCUT2D eigenvalue weighted by Gasteiger charge is 2.27. The van der Waals surface area contributed by atoms with Gasteiger partial charge in [0.15, 0.2) is 0 Å². The maximum atomic E-state index is 11.7. The van der Waals surface area contributed by atoms with Gasteiger partial charge in [0.25, 0.3) is 0 Å². The van der Waals surface area contributed by atoms with Crippen LogP contribution in [0.15, 0.2) is 0 Å². The second-order valence-electron chi connectivity index (χ2n) is 3.43. The minimum absolute atomic E-state index is 0.152. The van der Waals surface area contributed by atoms with Gasteiger partial charge in [-0.2, -0.15) is 13.2 Å². The molecular weight excluding hydrogens is 185 g/mol. The molecule has 0 aromatic carbocycles. The number of hydrogen-bond donors (Lipinski definition) is 0. The standard InChI is InChI=1S/C7H15F3OSi/c1-6(2,11-12)4-3-5-7(8,9)10/h3-5H2,1-2,12H3. The Labute approximate surface area is 73.8 Å². The van der Waals surface area contributed by atoms with E-state index in [9.17, 15) is 13.2 Å². The zero-order valence-electron chi connectivity index (χ0n) is 7.66. The molecule has 0 fully saturated rings. The second-order valence-corrected chi connectivity index (χ2v) is 3.84. The summed E-state index contributed by atoms with van der Waals surface area (Å²) < 4.78 is 40.2. The van der Waals surface area contributed by atoms with E-state index in [0.717, 1.165) is 0 Å². The van der Waals surface area contributed by atoms with Gasteiger partial charge in [-0.15, -0.1) is 0 Å². The van der Waals surface area contributed by atoms with Crippen molar-refractivity contribution in [2.24, 2.45) is 0 Å². The lowest BCUT2D eigenvalue weighted by atomic mass is 10.0. The van der Waals surface area contributed by atoms with Crippen molar-refractivity contribution in [3.63, 3.8) is 0 Å². The summed E-state index contributed by atoms with van der Waals surface area (Å²) >= 11 is 0. The first kappa shape index (κ1) is 12.0. The van der Waals surface area contributed by atoms with Crippen molar-refractivity contribution in [1.29, 1.82) is 0 Å². The van der Waals surface area contributed by atoms with E-state index in [0.29, 0.717) is 16.9 Å². The Hall–Kier alpha value is -0.0331. The summed E-state index contributed by atoms with van der Waals surface area (Å²) in [5.41, 5.74) is -0.378. The predicted molar refractivity (Wildman–Crippen MR) is 45.0 cm³/mol. The normalized spacial score (nSPS) is 13.8. The number of halogens is 3. The molecule has 0 aromatic rings. The molecule has 0 rings (SSSR count). The summed E-state index contributed by atoms with van der Waals surface area (Å²) in [6.07, 6.45) is -4.11. The summed E-state index contributed by atoms with van der Waals surface area (Å²) in [7, 11) is 0.572. The van der Waals surface area contributed by atoms with Crippen LogP contribution < -0.4 is 0 Å². The number of rotatable bonds is 4. The third kappa shape index (κ3) is 6.66. The van der Waals surface area contributed by atoms with Crippen molar-refractivity contribution in [2.75, 3.05) is 0 Å². The molecule has 0 amide bonds. The molecule has 0 aliphatic heterocycles. The van der Waals surface area contributed by atoms with Crippen molar-refractivity contribution < 1.29 is 17.6 Å². The fourth-order valence-electron chi connectivity index (χ4n) is 0.817. The molecule has 5 heteroatoms. The van der Waals surface area contributed by atoms with Crippen molar-refractivity contribution in [3.05, 3.63) is 0 Å². The van der Waals surface area contributed by atoms with Gasteiger partial charge in [-0.1, -0.05) is 0 Å². The summed E-state index contributed by atoms with van der Waals surface area (Å²) in [6.45, 7) is 3.63. The van der Waals surface area contributed by atoms with Crippen LogP contribution in [0.5, 0.6) is 0 Å². The summed E-state index contributed by atoms with van der Waals surface area (Å²) in [4.78, 5) is 0. The minimum atomic E-state index is -4.03. The van der Waals surface area contributed by atoms with Crippen LogP contribution in [-0.4, -0.2) is 22.3 Å². The van der Waals surface area contributed by atoms with Crippen molar-refractivity contribution in [3.8, 4) is 0 Å². The van der Waals surface area contributed by atoms with Crippen LogP contribution >= 0.6 is 0 Å². The lowest BCUT2D eigenvalue weighted by Crippen LogP contribution is -2.23. The highest BCUT2D eigenvalue weighted by Crippen LogP contribution is 2.25. The third-order valence-corrected chi connectivity index (χ3v) is 2.90. The summed E-state index contributed by atoms with van der Waals surface area (Å²) in [5.74, 6) is 0. The summed E-state index contributed by atoms with van der Waals surface area (Å²) in [6, 6.07) is 0. The van der Waals surface area contributed by atoms with Gasteiger partial charge in [-0.3, -0.25) is 0 Å². The molecule has 0 radical (unpaired) electrons. The Morgan fingerprint density at radius 3 is 2.00 bits per heavy atom. The van der Waals surface area contributed by atoms with E-state index in [1.807, 2.05) is 13.8 Å². The SMILES string of the molecule is CC(C)(CCCC(F)(F)F)O[SiH3]. The second kappa shape index (κ2) is 4.27. The van der Waals surface area contributed by atoms with Crippen LogP contribution in [0.4, 0.5) is 13.2 Å². The molecule has 1 nitrogen and oxygen atoms in total.